The predicted octanol–water partition coefficient (Wildman–Crippen LogP) is 6.00. The van der Waals surface area contributed by atoms with Gasteiger partial charge >= 0.3 is 0 Å². The maximum Gasteiger partial charge on any atom is 0.0464 e. The molecule has 0 bridgehead atoms. The number of benzene rings is 1. The van der Waals surface area contributed by atoms with E-state index in [1.807, 2.05) is 0 Å². The summed E-state index contributed by atoms with van der Waals surface area (Å²) >= 11 is 0. The van der Waals surface area contributed by atoms with E-state index in [0.29, 0.717) is 0 Å². The highest BCUT2D eigenvalue weighted by atomic mass is 14.7. The van der Waals surface area contributed by atoms with Gasteiger partial charge in [0.15, 0.2) is 0 Å². The van der Waals surface area contributed by atoms with Gasteiger partial charge in [-0.15, -0.1) is 0 Å². The summed E-state index contributed by atoms with van der Waals surface area (Å²) in [6.07, 6.45) is 13.7. The lowest BCUT2D eigenvalue weighted by Crippen LogP contribution is -1.96. The molecule has 0 amide bonds. The van der Waals surface area contributed by atoms with Crippen molar-refractivity contribution in [3.05, 3.63) is 34.5 Å². The summed E-state index contributed by atoms with van der Waals surface area (Å²) in [5, 5.41) is 1.52. The quantitative estimate of drug-likeness (QED) is 0.610. The molecule has 0 aliphatic heterocycles. The zero-order valence-corrected chi connectivity index (χ0v) is 13.7. The van der Waals surface area contributed by atoms with Crippen molar-refractivity contribution in [2.45, 2.75) is 78.1 Å². The standard InChI is InChI=1S/C20H29N/c1-15-13-16(2)20-17-11-9-7-5-3-4-6-8-10-12-18(17)21-19(20)14-15/h13-14,21H,3-12H2,1-2H3. The van der Waals surface area contributed by atoms with Crippen molar-refractivity contribution in [1.82, 2.24) is 4.98 Å². The minimum absolute atomic E-state index is 1.24. The first-order chi connectivity index (χ1) is 10.3. The van der Waals surface area contributed by atoms with Crippen LogP contribution in [0.1, 0.15) is 73.8 Å². The van der Waals surface area contributed by atoms with E-state index in [2.05, 4.69) is 31.0 Å². The molecule has 1 heteroatoms. The number of H-pyrrole nitrogens is 1. The van der Waals surface area contributed by atoms with E-state index < -0.39 is 0 Å². The summed E-state index contributed by atoms with van der Waals surface area (Å²) in [6.45, 7) is 4.48. The van der Waals surface area contributed by atoms with Crippen molar-refractivity contribution in [2.24, 2.45) is 0 Å². The van der Waals surface area contributed by atoms with Crippen LogP contribution in [0.4, 0.5) is 0 Å². The van der Waals surface area contributed by atoms with Gasteiger partial charge in [0.25, 0.3) is 0 Å². The smallest absolute Gasteiger partial charge is 0.0464 e. The molecule has 21 heavy (non-hydrogen) atoms. The lowest BCUT2D eigenvalue weighted by molar-refractivity contribution is 0.559. The van der Waals surface area contributed by atoms with E-state index in [4.69, 9.17) is 0 Å². The Morgan fingerprint density at radius 3 is 2.10 bits per heavy atom. The van der Waals surface area contributed by atoms with Gasteiger partial charge in [-0.05, 0) is 62.3 Å². The molecular formula is C20H29N. The van der Waals surface area contributed by atoms with Crippen LogP contribution >= 0.6 is 0 Å². The van der Waals surface area contributed by atoms with Crippen LogP contribution in [-0.2, 0) is 12.8 Å². The van der Waals surface area contributed by atoms with Crippen LogP contribution < -0.4 is 0 Å². The Bertz CT molecular complexity index is 606. The number of nitrogens with one attached hydrogen (secondary N) is 1. The van der Waals surface area contributed by atoms with E-state index in [9.17, 15) is 0 Å². The molecular weight excluding hydrogens is 254 g/mol. The van der Waals surface area contributed by atoms with Gasteiger partial charge in [0.05, 0.1) is 0 Å². The minimum atomic E-state index is 1.24. The van der Waals surface area contributed by atoms with E-state index >= 15 is 0 Å². The number of aromatic nitrogens is 1. The van der Waals surface area contributed by atoms with E-state index in [1.54, 1.807) is 5.56 Å². The SMILES string of the molecule is Cc1cc(C)c2c3c([nH]c2c1)CCCCCCCCCC3. The summed E-state index contributed by atoms with van der Waals surface area (Å²) < 4.78 is 0. The molecule has 0 spiro atoms. The first-order valence-electron chi connectivity index (χ1n) is 8.86. The Morgan fingerprint density at radius 2 is 1.38 bits per heavy atom. The number of aromatic amines is 1. The lowest BCUT2D eigenvalue weighted by Gasteiger charge is -2.09. The first kappa shape index (κ1) is 14.7. The Hall–Kier alpha value is -1.24. The normalized spacial score (nSPS) is 18.0. The van der Waals surface area contributed by atoms with Crippen LogP contribution in [-0.4, -0.2) is 4.98 Å². The highest BCUT2D eigenvalue weighted by Crippen LogP contribution is 2.30. The molecule has 3 rings (SSSR count). The topological polar surface area (TPSA) is 15.8 Å². The number of rotatable bonds is 0. The van der Waals surface area contributed by atoms with Gasteiger partial charge in [0.2, 0.25) is 0 Å². The second kappa shape index (κ2) is 6.68. The molecule has 1 nitrogen and oxygen atoms in total. The Labute approximate surface area is 129 Å². The molecule has 1 heterocycles. The second-order valence-corrected chi connectivity index (χ2v) is 6.91. The van der Waals surface area contributed by atoms with Crippen molar-refractivity contribution in [3.63, 3.8) is 0 Å². The van der Waals surface area contributed by atoms with Gasteiger partial charge in [-0.3, -0.25) is 0 Å². The molecule has 0 unspecified atom stereocenters. The molecule has 0 radical (unpaired) electrons. The van der Waals surface area contributed by atoms with Crippen molar-refractivity contribution >= 4 is 10.9 Å². The molecule has 0 saturated carbocycles. The fourth-order valence-electron chi connectivity index (χ4n) is 4.01. The molecule has 1 aromatic heterocycles. The fraction of sp³-hybridized carbons (Fsp3) is 0.600. The average molecular weight is 283 g/mol. The maximum atomic E-state index is 3.75. The number of hydrogen-bond acceptors (Lipinski definition) is 0. The van der Waals surface area contributed by atoms with E-state index in [0.717, 1.165) is 0 Å². The van der Waals surface area contributed by atoms with Gasteiger partial charge in [-0.1, -0.05) is 44.6 Å². The highest BCUT2D eigenvalue weighted by molar-refractivity contribution is 5.88. The van der Waals surface area contributed by atoms with Gasteiger partial charge in [-0.25, -0.2) is 0 Å². The number of hydrogen-bond donors (Lipinski definition) is 1. The minimum Gasteiger partial charge on any atom is -0.358 e. The molecule has 1 aliphatic rings. The molecule has 114 valence electrons. The zero-order chi connectivity index (χ0) is 14.7. The third kappa shape index (κ3) is 3.33. The molecule has 0 saturated heterocycles. The molecule has 1 aliphatic carbocycles. The molecule has 1 N–H and O–H groups in total. The zero-order valence-electron chi connectivity index (χ0n) is 13.7. The predicted molar refractivity (Wildman–Crippen MR) is 92.1 cm³/mol. The van der Waals surface area contributed by atoms with Gasteiger partial charge in [0.1, 0.15) is 0 Å². The third-order valence-corrected chi connectivity index (χ3v) is 5.04. The Kier molecular flexibility index (Phi) is 4.67. The van der Waals surface area contributed by atoms with Crippen molar-refractivity contribution in [2.75, 3.05) is 0 Å². The Balaban J connectivity index is 1.97. The van der Waals surface area contributed by atoms with Crippen LogP contribution in [0.5, 0.6) is 0 Å². The van der Waals surface area contributed by atoms with Crippen molar-refractivity contribution < 1.29 is 0 Å². The molecule has 0 fully saturated rings. The van der Waals surface area contributed by atoms with Gasteiger partial charge in [0, 0.05) is 16.6 Å². The fourth-order valence-corrected chi connectivity index (χ4v) is 4.01. The van der Waals surface area contributed by atoms with Crippen LogP contribution in [0.2, 0.25) is 0 Å². The van der Waals surface area contributed by atoms with Crippen molar-refractivity contribution in [1.29, 1.82) is 0 Å². The van der Waals surface area contributed by atoms with Crippen LogP contribution in [0.25, 0.3) is 10.9 Å². The average Bonchev–Trinajstić information content (AvgIpc) is 2.76. The summed E-state index contributed by atoms with van der Waals surface area (Å²) in [6, 6.07) is 4.67. The van der Waals surface area contributed by atoms with Gasteiger partial charge < -0.3 is 4.98 Å². The highest BCUT2D eigenvalue weighted by Gasteiger charge is 2.14. The largest absolute Gasteiger partial charge is 0.358 e. The van der Waals surface area contributed by atoms with E-state index in [-0.39, 0.29) is 0 Å². The second-order valence-electron chi connectivity index (χ2n) is 6.91. The summed E-state index contributed by atoms with van der Waals surface area (Å²) in [5.74, 6) is 0. The number of fused-ring (bicyclic) bond motifs is 3. The summed E-state index contributed by atoms with van der Waals surface area (Å²) in [7, 11) is 0. The van der Waals surface area contributed by atoms with Crippen LogP contribution in [0, 0.1) is 13.8 Å². The van der Waals surface area contributed by atoms with Gasteiger partial charge in [-0.2, -0.15) is 0 Å². The molecule has 1 aromatic carbocycles. The first-order valence-corrected chi connectivity index (χ1v) is 8.86. The lowest BCUT2D eigenvalue weighted by atomic mass is 9.96. The Morgan fingerprint density at radius 1 is 0.762 bits per heavy atom. The molecule has 0 atom stereocenters. The monoisotopic (exact) mass is 283 g/mol. The van der Waals surface area contributed by atoms with Crippen LogP contribution in [0.3, 0.4) is 0 Å². The summed E-state index contributed by atoms with van der Waals surface area (Å²) in [4.78, 5) is 3.75. The van der Waals surface area contributed by atoms with E-state index in [1.165, 1.54) is 91.9 Å². The maximum absolute atomic E-state index is 3.75. The van der Waals surface area contributed by atoms with Crippen molar-refractivity contribution in [3.8, 4) is 0 Å². The summed E-state index contributed by atoms with van der Waals surface area (Å²) in [5.41, 5.74) is 7.35. The number of aryl methyl sites for hydroxylation is 4. The molecule has 2 aromatic rings. The van der Waals surface area contributed by atoms with Crippen LogP contribution in [0.15, 0.2) is 12.1 Å². The third-order valence-electron chi connectivity index (χ3n) is 5.04.